The van der Waals surface area contributed by atoms with E-state index in [0.717, 1.165) is 0 Å². The van der Waals surface area contributed by atoms with Crippen LogP contribution >= 0.6 is 0 Å². The summed E-state index contributed by atoms with van der Waals surface area (Å²) in [6.45, 7) is 3.34. The molecule has 1 saturated heterocycles. The van der Waals surface area contributed by atoms with Crippen LogP contribution in [0.15, 0.2) is 0 Å². The largest absolute Gasteiger partial charge is 0.367 e. The molecule has 1 heterocycles. The van der Waals surface area contributed by atoms with Crippen LogP contribution in [-0.2, 0) is 14.2 Å². The first kappa shape index (κ1) is 16.9. The zero-order valence-corrected chi connectivity index (χ0v) is 12.9. The standard InChI is InChI=1S/C16H32O3/c1-3-4-5-6-7-8-9-10-11-12-15-16(19-15)13-18-14-17-2/h15-16H,3-14H2,1-2H3/t15-,16+/m0/s1. The molecule has 0 radical (unpaired) electrons. The molecule has 0 saturated carbocycles. The molecule has 0 aromatic carbocycles. The molecule has 1 fully saturated rings. The molecular weight excluding hydrogens is 240 g/mol. The molecule has 0 N–H and O–H groups in total. The second-order valence-corrected chi connectivity index (χ2v) is 5.61. The fourth-order valence-corrected chi connectivity index (χ4v) is 2.48. The van der Waals surface area contributed by atoms with Gasteiger partial charge in [-0.1, -0.05) is 64.7 Å². The van der Waals surface area contributed by atoms with Crippen LogP contribution in [0.3, 0.4) is 0 Å². The van der Waals surface area contributed by atoms with Gasteiger partial charge in [0.15, 0.2) is 0 Å². The van der Waals surface area contributed by atoms with Crippen LogP contribution < -0.4 is 0 Å². The van der Waals surface area contributed by atoms with Gasteiger partial charge in [-0.25, -0.2) is 0 Å². The second kappa shape index (κ2) is 11.7. The molecule has 0 spiro atoms. The summed E-state index contributed by atoms with van der Waals surface area (Å²) in [6, 6.07) is 0. The van der Waals surface area contributed by atoms with Crippen molar-refractivity contribution >= 4 is 0 Å². The van der Waals surface area contributed by atoms with Crippen molar-refractivity contribution in [3.63, 3.8) is 0 Å². The highest BCUT2D eigenvalue weighted by Gasteiger charge is 2.37. The summed E-state index contributed by atoms with van der Waals surface area (Å²) in [6.07, 6.45) is 14.5. The highest BCUT2D eigenvalue weighted by Crippen LogP contribution is 2.27. The van der Waals surface area contributed by atoms with Crippen molar-refractivity contribution in [1.29, 1.82) is 0 Å². The maximum atomic E-state index is 5.55. The Kier molecular flexibility index (Phi) is 10.4. The average molecular weight is 272 g/mol. The van der Waals surface area contributed by atoms with E-state index in [0.29, 0.717) is 25.6 Å². The molecule has 3 nitrogen and oxygen atoms in total. The first-order valence-electron chi connectivity index (χ1n) is 8.10. The zero-order valence-electron chi connectivity index (χ0n) is 12.9. The third-order valence-electron chi connectivity index (χ3n) is 3.76. The van der Waals surface area contributed by atoms with Gasteiger partial charge in [-0.15, -0.1) is 0 Å². The van der Waals surface area contributed by atoms with Gasteiger partial charge >= 0.3 is 0 Å². The van der Waals surface area contributed by atoms with Crippen LogP contribution in [0.25, 0.3) is 0 Å². The fourth-order valence-electron chi connectivity index (χ4n) is 2.48. The van der Waals surface area contributed by atoms with Crippen molar-refractivity contribution in [1.82, 2.24) is 0 Å². The summed E-state index contributed by atoms with van der Waals surface area (Å²) in [5.41, 5.74) is 0. The molecule has 1 aliphatic heterocycles. The van der Waals surface area contributed by atoms with E-state index in [4.69, 9.17) is 14.2 Å². The Labute approximate surface area is 119 Å². The molecule has 2 atom stereocenters. The summed E-state index contributed by atoms with van der Waals surface area (Å²) in [4.78, 5) is 0. The van der Waals surface area contributed by atoms with Gasteiger partial charge in [-0.3, -0.25) is 0 Å². The smallest absolute Gasteiger partial charge is 0.146 e. The van der Waals surface area contributed by atoms with E-state index in [1.807, 2.05) is 0 Å². The molecule has 1 rings (SSSR count). The van der Waals surface area contributed by atoms with E-state index in [-0.39, 0.29) is 0 Å². The van der Waals surface area contributed by atoms with Crippen LogP contribution in [0.2, 0.25) is 0 Å². The Balaban J connectivity index is 1.73. The second-order valence-electron chi connectivity index (χ2n) is 5.61. The number of hydrogen-bond acceptors (Lipinski definition) is 3. The summed E-state index contributed by atoms with van der Waals surface area (Å²) in [5.74, 6) is 0. The number of unbranched alkanes of at least 4 members (excludes halogenated alkanes) is 8. The normalized spacial score (nSPS) is 21.8. The number of ether oxygens (including phenoxy) is 3. The van der Waals surface area contributed by atoms with Gasteiger partial charge in [-0.2, -0.15) is 0 Å². The minimum absolute atomic E-state index is 0.337. The summed E-state index contributed by atoms with van der Waals surface area (Å²) < 4.78 is 15.7. The monoisotopic (exact) mass is 272 g/mol. The van der Waals surface area contributed by atoms with Crippen molar-refractivity contribution in [2.24, 2.45) is 0 Å². The van der Waals surface area contributed by atoms with Crippen LogP contribution in [0.1, 0.15) is 71.1 Å². The van der Waals surface area contributed by atoms with Crippen LogP contribution in [0.5, 0.6) is 0 Å². The van der Waals surface area contributed by atoms with E-state index >= 15 is 0 Å². The Bertz CT molecular complexity index is 196. The van der Waals surface area contributed by atoms with Gasteiger partial charge < -0.3 is 14.2 Å². The van der Waals surface area contributed by atoms with Gasteiger partial charge in [-0.05, 0) is 6.42 Å². The predicted molar refractivity (Wildman–Crippen MR) is 78.3 cm³/mol. The first-order chi connectivity index (χ1) is 9.38. The highest BCUT2D eigenvalue weighted by molar-refractivity contribution is 4.84. The van der Waals surface area contributed by atoms with Crippen LogP contribution in [0.4, 0.5) is 0 Å². The van der Waals surface area contributed by atoms with Gasteiger partial charge in [0.25, 0.3) is 0 Å². The minimum atomic E-state index is 0.337. The molecule has 0 aromatic heterocycles. The van der Waals surface area contributed by atoms with E-state index in [1.54, 1.807) is 7.11 Å². The lowest BCUT2D eigenvalue weighted by Gasteiger charge is -2.01. The summed E-state index contributed by atoms with van der Waals surface area (Å²) in [7, 11) is 1.65. The lowest BCUT2D eigenvalue weighted by molar-refractivity contribution is -0.0351. The molecule has 19 heavy (non-hydrogen) atoms. The van der Waals surface area contributed by atoms with Crippen molar-refractivity contribution in [3.05, 3.63) is 0 Å². The molecule has 0 aromatic rings. The van der Waals surface area contributed by atoms with E-state index in [2.05, 4.69) is 6.92 Å². The Morgan fingerprint density at radius 2 is 1.47 bits per heavy atom. The van der Waals surface area contributed by atoms with Gasteiger partial charge in [0.1, 0.15) is 12.9 Å². The SMILES string of the molecule is CCCCCCCCCCC[C@@H]1O[C@@H]1COCOC. The molecule has 0 bridgehead atoms. The third-order valence-corrected chi connectivity index (χ3v) is 3.76. The highest BCUT2D eigenvalue weighted by atomic mass is 16.7. The lowest BCUT2D eigenvalue weighted by Crippen LogP contribution is -2.06. The molecule has 0 unspecified atom stereocenters. The maximum Gasteiger partial charge on any atom is 0.146 e. The van der Waals surface area contributed by atoms with Crippen molar-refractivity contribution in [2.45, 2.75) is 83.3 Å². The average Bonchev–Trinajstić information content (AvgIpc) is 3.16. The van der Waals surface area contributed by atoms with Crippen molar-refractivity contribution < 1.29 is 14.2 Å². The van der Waals surface area contributed by atoms with Crippen LogP contribution in [-0.4, -0.2) is 32.7 Å². The lowest BCUT2D eigenvalue weighted by atomic mass is 10.1. The Morgan fingerprint density at radius 3 is 2.11 bits per heavy atom. The van der Waals surface area contributed by atoms with Crippen LogP contribution in [0, 0.1) is 0 Å². The minimum Gasteiger partial charge on any atom is -0.367 e. The number of hydrogen-bond donors (Lipinski definition) is 0. The Hall–Kier alpha value is -0.120. The van der Waals surface area contributed by atoms with Gasteiger partial charge in [0, 0.05) is 7.11 Å². The first-order valence-corrected chi connectivity index (χ1v) is 8.10. The molecule has 1 aliphatic rings. The quantitative estimate of drug-likeness (QED) is 0.268. The van der Waals surface area contributed by atoms with Gasteiger partial charge in [0.2, 0.25) is 0 Å². The maximum absolute atomic E-state index is 5.55. The molecule has 0 amide bonds. The van der Waals surface area contributed by atoms with E-state index in [1.165, 1.54) is 64.2 Å². The molecule has 114 valence electrons. The zero-order chi connectivity index (χ0) is 13.8. The topological polar surface area (TPSA) is 31.0 Å². The van der Waals surface area contributed by atoms with Crippen molar-refractivity contribution in [3.8, 4) is 0 Å². The summed E-state index contributed by atoms with van der Waals surface area (Å²) in [5, 5.41) is 0. The summed E-state index contributed by atoms with van der Waals surface area (Å²) >= 11 is 0. The molecular formula is C16H32O3. The van der Waals surface area contributed by atoms with Crippen molar-refractivity contribution in [2.75, 3.05) is 20.5 Å². The number of methoxy groups -OCH3 is 1. The fraction of sp³-hybridized carbons (Fsp3) is 1.00. The van der Waals surface area contributed by atoms with E-state index < -0.39 is 0 Å². The Morgan fingerprint density at radius 1 is 0.842 bits per heavy atom. The molecule has 3 heteroatoms. The predicted octanol–water partition coefficient (Wildman–Crippen LogP) is 4.30. The van der Waals surface area contributed by atoms with Gasteiger partial charge in [0.05, 0.1) is 12.7 Å². The third kappa shape index (κ3) is 9.42. The number of epoxide rings is 1. The number of rotatable bonds is 14. The van der Waals surface area contributed by atoms with E-state index in [9.17, 15) is 0 Å². The molecule has 0 aliphatic carbocycles.